The zero-order chi connectivity index (χ0) is 17.2. The predicted octanol–water partition coefficient (Wildman–Crippen LogP) is 2.26. The van der Waals surface area contributed by atoms with E-state index in [4.69, 9.17) is 0 Å². The smallest absolute Gasteiger partial charge is 0.253 e. The van der Waals surface area contributed by atoms with Gasteiger partial charge in [0.15, 0.2) is 0 Å². The van der Waals surface area contributed by atoms with E-state index >= 15 is 0 Å². The van der Waals surface area contributed by atoms with Crippen LogP contribution in [0.2, 0.25) is 0 Å². The Labute approximate surface area is 145 Å². The lowest BCUT2D eigenvalue weighted by Gasteiger charge is -2.32. The summed E-state index contributed by atoms with van der Waals surface area (Å²) in [7, 11) is 0. The summed E-state index contributed by atoms with van der Waals surface area (Å²) in [5.74, 6) is -0.313. The molecular formula is C19H18N4O2. The number of anilines is 1. The largest absolute Gasteiger partial charge is 0.340 e. The molecular weight excluding hydrogens is 316 g/mol. The summed E-state index contributed by atoms with van der Waals surface area (Å²) in [6, 6.07) is 10.7. The Hall–Kier alpha value is -3.15. The Morgan fingerprint density at radius 1 is 1.24 bits per heavy atom. The average Bonchev–Trinajstić information content (AvgIpc) is 3.08. The van der Waals surface area contributed by atoms with Crippen LogP contribution in [0.5, 0.6) is 0 Å². The van der Waals surface area contributed by atoms with Crippen LogP contribution in [-0.2, 0) is 4.79 Å². The van der Waals surface area contributed by atoms with Gasteiger partial charge in [0.2, 0.25) is 5.91 Å². The van der Waals surface area contributed by atoms with Crippen molar-refractivity contribution < 1.29 is 9.59 Å². The molecule has 2 amide bonds. The first-order valence-electron chi connectivity index (χ1n) is 8.31. The second kappa shape index (κ2) is 6.39. The van der Waals surface area contributed by atoms with Gasteiger partial charge in [0.05, 0.1) is 17.4 Å². The van der Waals surface area contributed by atoms with Gasteiger partial charge in [-0.05, 0) is 43.2 Å². The standard InChI is InChI=1S/C19H18N4O2/c24-18(14-11-15-5-1-2-9-22(15)13-14)21-17-7-4-10-23(19(17)25)16-6-3-8-20-12-16/h1-3,5-6,8-9,11-13,17H,4,7,10H2,(H,21,24). The summed E-state index contributed by atoms with van der Waals surface area (Å²) in [6.07, 6.45) is 8.49. The molecule has 25 heavy (non-hydrogen) atoms. The Morgan fingerprint density at radius 2 is 2.16 bits per heavy atom. The molecule has 3 aromatic heterocycles. The van der Waals surface area contributed by atoms with Crippen molar-refractivity contribution >= 4 is 23.0 Å². The molecule has 0 aliphatic carbocycles. The van der Waals surface area contributed by atoms with Crippen LogP contribution in [0.15, 0.2) is 61.2 Å². The Balaban J connectivity index is 1.51. The number of hydrogen-bond acceptors (Lipinski definition) is 3. The van der Waals surface area contributed by atoms with Crippen LogP contribution in [0, 0.1) is 0 Å². The van der Waals surface area contributed by atoms with Gasteiger partial charge in [-0.15, -0.1) is 0 Å². The number of rotatable bonds is 3. The van der Waals surface area contributed by atoms with Gasteiger partial charge in [-0.1, -0.05) is 6.07 Å². The third-order valence-electron chi connectivity index (χ3n) is 4.47. The third-order valence-corrected chi connectivity index (χ3v) is 4.47. The average molecular weight is 334 g/mol. The van der Waals surface area contributed by atoms with Crippen LogP contribution in [0.4, 0.5) is 5.69 Å². The fourth-order valence-electron chi connectivity index (χ4n) is 3.20. The molecule has 4 rings (SSSR count). The lowest BCUT2D eigenvalue weighted by Crippen LogP contribution is -2.52. The van der Waals surface area contributed by atoms with Gasteiger partial charge in [0.25, 0.3) is 5.91 Å². The van der Waals surface area contributed by atoms with Gasteiger partial charge in [0, 0.05) is 30.7 Å². The second-order valence-corrected chi connectivity index (χ2v) is 6.13. The summed E-state index contributed by atoms with van der Waals surface area (Å²) in [5, 5.41) is 2.88. The number of aromatic nitrogens is 2. The Morgan fingerprint density at radius 3 is 2.96 bits per heavy atom. The van der Waals surface area contributed by atoms with E-state index < -0.39 is 6.04 Å². The van der Waals surface area contributed by atoms with Gasteiger partial charge in [0.1, 0.15) is 6.04 Å². The number of carbonyl (C=O) groups excluding carboxylic acids is 2. The summed E-state index contributed by atoms with van der Waals surface area (Å²) < 4.78 is 1.89. The SMILES string of the molecule is O=C(NC1CCCN(c2cccnc2)C1=O)c1cc2ccccn2c1. The van der Waals surface area contributed by atoms with Crippen molar-refractivity contribution in [3.63, 3.8) is 0 Å². The minimum absolute atomic E-state index is 0.0867. The van der Waals surface area contributed by atoms with E-state index in [0.29, 0.717) is 18.5 Å². The van der Waals surface area contributed by atoms with Crippen LogP contribution in [0.25, 0.3) is 5.52 Å². The Bertz CT molecular complexity index is 886. The van der Waals surface area contributed by atoms with E-state index in [2.05, 4.69) is 10.3 Å². The maximum absolute atomic E-state index is 12.7. The number of pyridine rings is 2. The zero-order valence-corrected chi connectivity index (χ0v) is 13.6. The molecule has 6 heteroatoms. The summed E-state index contributed by atoms with van der Waals surface area (Å²) in [4.78, 5) is 31.1. The van der Waals surface area contributed by atoms with Crippen molar-refractivity contribution in [3.05, 3.63) is 66.7 Å². The highest BCUT2D eigenvalue weighted by Gasteiger charge is 2.31. The van der Waals surface area contributed by atoms with Crippen molar-refractivity contribution in [3.8, 4) is 0 Å². The molecule has 0 bridgehead atoms. The summed E-state index contributed by atoms with van der Waals surface area (Å²) >= 11 is 0. The van der Waals surface area contributed by atoms with Crippen LogP contribution >= 0.6 is 0 Å². The molecule has 0 radical (unpaired) electrons. The molecule has 6 nitrogen and oxygen atoms in total. The maximum Gasteiger partial charge on any atom is 0.253 e. The zero-order valence-electron chi connectivity index (χ0n) is 13.6. The van der Waals surface area contributed by atoms with E-state index in [9.17, 15) is 9.59 Å². The highest BCUT2D eigenvalue weighted by Crippen LogP contribution is 2.20. The van der Waals surface area contributed by atoms with E-state index in [1.807, 2.05) is 40.9 Å². The molecule has 1 atom stereocenters. The molecule has 4 heterocycles. The molecule has 3 aromatic rings. The number of nitrogens with zero attached hydrogens (tertiary/aromatic N) is 3. The minimum Gasteiger partial charge on any atom is -0.340 e. The van der Waals surface area contributed by atoms with Gasteiger partial charge >= 0.3 is 0 Å². The van der Waals surface area contributed by atoms with E-state index in [0.717, 1.165) is 17.6 Å². The number of piperidine rings is 1. The fraction of sp³-hybridized carbons (Fsp3) is 0.211. The third kappa shape index (κ3) is 2.98. The monoisotopic (exact) mass is 334 g/mol. The first-order chi connectivity index (χ1) is 12.2. The van der Waals surface area contributed by atoms with Crippen LogP contribution in [-0.4, -0.2) is 33.8 Å². The van der Waals surface area contributed by atoms with Crippen molar-refractivity contribution in [2.45, 2.75) is 18.9 Å². The maximum atomic E-state index is 12.7. The topological polar surface area (TPSA) is 66.7 Å². The number of fused-ring (bicyclic) bond motifs is 1. The Kier molecular flexibility index (Phi) is 3.93. The normalized spacial score (nSPS) is 17.7. The number of hydrogen-bond donors (Lipinski definition) is 1. The van der Waals surface area contributed by atoms with Gasteiger partial charge in [-0.3, -0.25) is 14.6 Å². The summed E-state index contributed by atoms with van der Waals surface area (Å²) in [5.41, 5.74) is 2.26. The molecule has 126 valence electrons. The predicted molar refractivity (Wildman–Crippen MR) is 94.5 cm³/mol. The van der Waals surface area contributed by atoms with Gasteiger partial charge < -0.3 is 14.6 Å². The highest BCUT2D eigenvalue weighted by molar-refractivity contribution is 6.03. The molecule has 0 aromatic carbocycles. The lowest BCUT2D eigenvalue weighted by molar-refractivity contribution is -0.121. The fourth-order valence-corrected chi connectivity index (χ4v) is 3.20. The number of carbonyl (C=O) groups is 2. The molecule has 1 saturated heterocycles. The van der Waals surface area contributed by atoms with Crippen LogP contribution in [0.3, 0.4) is 0 Å². The first kappa shape index (κ1) is 15.4. The van der Waals surface area contributed by atoms with E-state index in [-0.39, 0.29) is 11.8 Å². The van der Waals surface area contributed by atoms with Crippen molar-refractivity contribution in [1.82, 2.24) is 14.7 Å². The van der Waals surface area contributed by atoms with Crippen LogP contribution in [0.1, 0.15) is 23.2 Å². The molecule has 1 aliphatic rings. The van der Waals surface area contributed by atoms with Crippen molar-refractivity contribution in [2.75, 3.05) is 11.4 Å². The number of nitrogens with one attached hydrogen (secondary N) is 1. The number of amides is 2. The minimum atomic E-state index is -0.510. The molecule has 1 aliphatic heterocycles. The van der Waals surface area contributed by atoms with Crippen molar-refractivity contribution in [1.29, 1.82) is 0 Å². The van der Waals surface area contributed by atoms with Gasteiger partial charge in [-0.25, -0.2) is 0 Å². The first-order valence-corrected chi connectivity index (χ1v) is 8.31. The summed E-state index contributed by atoms with van der Waals surface area (Å²) in [6.45, 7) is 0.646. The second-order valence-electron chi connectivity index (χ2n) is 6.13. The van der Waals surface area contributed by atoms with Crippen LogP contribution < -0.4 is 10.2 Å². The van der Waals surface area contributed by atoms with Crippen molar-refractivity contribution in [2.24, 2.45) is 0 Å². The van der Waals surface area contributed by atoms with Gasteiger partial charge in [-0.2, -0.15) is 0 Å². The van der Waals surface area contributed by atoms with E-state index in [1.165, 1.54) is 0 Å². The molecule has 0 spiro atoms. The highest BCUT2D eigenvalue weighted by atomic mass is 16.2. The quantitative estimate of drug-likeness (QED) is 0.799. The molecule has 1 N–H and O–H groups in total. The molecule has 0 saturated carbocycles. The van der Waals surface area contributed by atoms with E-state index in [1.54, 1.807) is 29.6 Å². The molecule has 1 unspecified atom stereocenters. The lowest BCUT2D eigenvalue weighted by atomic mass is 10.0. The molecule has 1 fully saturated rings.